The van der Waals surface area contributed by atoms with E-state index in [1.54, 1.807) is 0 Å². The van der Waals surface area contributed by atoms with Gasteiger partial charge in [-0.1, -0.05) is 72.3 Å². The van der Waals surface area contributed by atoms with Gasteiger partial charge in [-0.05, 0) is 17.2 Å². The van der Waals surface area contributed by atoms with Crippen LogP contribution in [0.25, 0.3) is 22.5 Å². The molecule has 0 bridgehead atoms. The van der Waals surface area contributed by atoms with Gasteiger partial charge in [0.25, 0.3) is 0 Å². The first kappa shape index (κ1) is 12.3. The highest BCUT2D eigenvalue weighted by atomic mass is 35.5. The SMILES string of the molecule is Clc1oc(-c2ccccc2)c(-c2ccccc2)c1Cl. The van der Waals surface area contributed by atoms with E-state index < -0.39 is 0 Å². The van der Waals surface area contributed by atoms with Crippen molar-refractivity contribution in [1.82, 2.24) is 0 Å². The molecule has 0 unspecified atom stereocenters. The van der Waals surface area contributed by atoms with Crippen LogP contribution in [0.3, 0.4) is 0 Å². The highest BCUT2D eigenvalue weighted by Crippen LogP contribution is 2.43. The van der Waals surface area contributed by atoms with Gasteiger partial charge < -0.3 is 4.42 Å². The minimum absolute atomic E-state index is 0.222. The normalized spacial score (nSPS) is 10.6. The minimum Gasteiger partial charge on any atom is -0.442 e. The number of rotatable bonds is 2. The van der Waals surface area contributed by atoms with Crippen molar-refractivity contribution in [3.8, 4) is 22.5 Å². The maximum absolute atomic E-state index is 6.27. The Morgan fingerprint density at radius 3 is 1.79 bits per heavy atom. The Bertz CT molecular complexity index is 688. The van der Waals surface area contributed by atoms with Gasteiger partial charge in [-0.3, -0.25) is 0 Å². The van der Waals surface area contributed by atoms with Crippen molar-refractivity contribution in [3.05, 3.63) is 70.9 Å². The van der Waals surface area contributed by atoms with Crippen LogP contribution >= 0.6 is 23.2 Å². The van der Waals surface area contributed by atoms with Crippen LogP contribution < -0.4 is 0 Å². The predicted molar refractivity (Wildman–Crippen MR) is 79.6 cm³/mol. The highest BCUT2D eigenvalue weighted by Gasteiger charge is 2.20. The molecular weight excluding hydrogens is 279 g/mol. The summed E-state index contributed by atoms with van der Waals surface area (Å²) < 4.78 is 5.62. The van der Waals surface area contributed by atoms with Crippen molar-refractivity contribution >= 4 is 23.2 Å². The van der Waals surface area contributed by atoms with Crippen molar-refractivity contribution in [2.75, 3.05) is 0 Å². The smallest absolute Gasteiger partial charge is 0.213 e. The molecule has 3 aromatic rings. The van der Waals surface area contributed by atoms with Crippen LogP contribution in [0.4, 0.5) is 0 Å². The molecule has 0 radical (unpaired) electrons. The molecule has 0 N–H and O–H groups in total. The second kappa shape index (κ2) is 5.12. The Kier molecular flexibility index (Phi) is 3.33. The zero-order valence-corrected chi connectivity index (χ0v) is 11.4. The molecule has 0 saturated heterocycles. The van der Waals surface area contributed by atoms with Gasteiger partial charge in [0.2, 0.25) is 5.22 Å². The van der Waals surface area contributed by atoms with Gasteiger partial charge in [0.15, 0.2) is 0 Å². The summed E-state index contributed by atoms with van der Waals surface area (Å²) in [5.41, 5.74) is 2.77. The van der Waals surface area contributed by atoms with Crippen molar-refractivity contribution < 1.29 is 4.42 Å². The fourth-order valence-corrected chi connectivity index (χ4v) is 2.44. The molecule has 0 amide bonds. The molecule has 94 valence electrons. The van der Waals surface area contributed by atoms with Crippen LogP contribution in [0.15, 0.2) is 65.1 Å². The van der Waals surface area contributed by atoms with E-state index >= 15 is 0 Å². The van der Waals surface area contributed by atoms with Gasteiger partial charge in [-0.15, -0.1) is 0 Å². The summed E-state index contributed by atoms with van der Waals surface area (Å²) in [6.07, 6.45) is 0. The molecule has 1 aromatic heterocycles. The molecular formula is C16H10Cl2O. The Morgan fingerprint density at radius 2 is 1.21 bits per heavy atom. The van der Waals surface area contributed by atoms with Gasteiger partial charge in [0, 0.05) is 11.1 Å². The summed E-state index contributed by atoms with van der Waals surface area (Å²) in [6, 6.07) is 19.7. The summed E-state index contributed by atoms with van der Waals surface area (Å²) in [7, 11) is 0. The summed E-state index contributed by atoms with van der Waals surface area (Å²) in [4.78, 5) is 0. The molecule has 0 spiro atoms. The predicted octanol–water partition coefficient (Wildman–Crippen LogP) is 5.92. The molecule has 1 heterocycles. The molecule has 2 aromatic carbocycles. The van der Waals surface area contributed by atoms with Crippen molar-refractivity contribution in [3.63, 3.8) is 0 Å². The summed E-state index contributed by atoms with van der Waals surface area (Å²) in [5, 5.41) is 0.672. The third-order valence-electron chi connectivity index (χ3n) is 2.91. The number of hydrogen-bond acceptors (Lipinski definition) is 1. The van der Waals surface area contributed by atoms with E-state index in [2.05, 4.69) is 0 Å². The van der Waals surface area contributed by atoms with E-state index in [9.17, 15) is 0 Å². The summed E-state index contributed by atoms with van der Waals surface area (Å²) >= 11 is 12.3. The van der Waals surface area contributed by atoms with Crippen LogP contribution in [0.5, 0.6) is 0 Å². The van der Waals surface area contributed by atoms with Crippen molar-refractivity contribution in [2.24, 2.45) is 0 Å². The zero-order valence-electron chi connectivity index (χ0n) is 9.94. The molecule has 3 heteroatoms. The lowest BCUT2D eigenvalue weighted by molar-refractivity contribution is 0.585. The van der Waals surface area contributed by atoms with Crippen LogP contribution in [0.2, 0.25) is 10.2 Å². The minimum atomic E-state index is 0.222. The van der Waals surface area contributed by atoms with E-state index in [0.717, 1.165) is 16.7 Å². The lowest BCUT2D eigenvalue weighted by Gasteiger charge is -2.03. The molecule has 0 atom stereocenters. The van der Waals surface area contributed by atoms with Crippen molar-refractivity contribution in [1.29, 1.82) is 0 Å². The summed E-state index contributed by atoms with van der Waals surface area (Å²) in [5.74, 6) is 0.696. The maximum atomic E-state index is 6.27. The van der Waals surface area contributed by atoms with Crippen LogP contribution in [0.1, 0.15) is 0 Å². The summed E-state index contributed by atoms with van der Waals surface area (Å²) in [6.45, 7) is 0. The molecule has 19 heavy (non-hydrogen) atoms. The number of halogens is 2. The van der Waals surface area contributed by atoms with Crippen LogP contribution in [-0.4, -0.2) is 0 Å². The number of hydrogen-bond donors (Lipinski definition) is 0. The highest BCUT2D eigenvalue weighted by molar-refractivity contribution is 6.43. The second-order valence-electron chi connectivity index (χ2n) is 4.13. The van der Waals surface area contributed by atoms with Gasteiger partial charge in [-0.25, -0.2) is 0 Å². The molecule has 0 fully saturated rings. The van der Waals surface area contributed by atoms with E-state index in [1.165, 1.54) is 0 Å². The molecule has 0 aliphatic heterocycles. The molecule has 1 nitrogen and oxygen atoms in total. The Morgan fingerprint density at radius 1 is 0.684 bits per heavy atom. The molecule has 3 rings (SSSR count). The largest absolute Gasteiger partial charge is 0.442 e. The number of benzene rings is 2. The van der Waals surface area contributed by atoms with E-state index in [4.69, 9.17) is 27.6 Å². The van der Waals surface area contributed by atoms with Gasteiger partial charge in [0.05, 0.1) is 0 Å². The quantitative estimate of drug-likeness (QED) is 0.570. The Hall–Kier alpha value is -1.70. The molecule has 0 aliphatic rings. The first-order valence-corrected chi connectivity index (χ1v) is 6.61. The first-order valence-electron chi connectivity index (χ1n) is 5.86. The Labute approximate surface area is 121 Å². The lowest BCUT2D eigenvalue weighted by Crippen LogP contribution is -1.80. The lowest BCUT2D eigenvalue weighted by atomic mass is 10.0. The maximum Gasteiger partial charge on any atom is 0.213 e. The van der Waals surface area contributed by atoms with Gasteiger partial charge in [-0.2, -0.15) is 0 Å². The average molecular weight is 289 g/mol. The average Bonchev–Trinajstić information content (AvgIpc) is 2.77. The van der Waals surface area contributed by atoms with E-state index in [1.807, 2.05) is 60.7 Å². The van der Waals surface area contributed by atoms with Gasteiger partial charge >= 0.3 is 0 Å². The second-order valence-corrected chi connectivity index (χ2v) is 4.85. The fraction of sp³-hybridized carbons (Fsp3) is 0. The zero-order chi connectivity index (χ0) is 13.2. The number of furan rings is 1. The third-order valence-corrected chi connectivity index (χ3v) is 3.63. The topological polar surface area (TPSA) is 13.1 Å². The van der Waals surface area contributed by atoms with Crippen LogP contribution in [0, 0.1) is 0 Å². The van der Waals surface area contributed by atoms with Crippen molar-refractivity contribution in [2.45, 2.75) is 0 Å². The third kappa shape index (κ3) is 2.27. The van der Waals surface area contributed by atoms with Crippen LogP contribution in [-0.2, 0) is 0 Å². The molecule has 0 aliphatic carbocycles. The van der Waals surface area contributed by atoms with E-state index in [-0.39, 0.29) is 5.22 Å². The fourth-order valence-electron chi connectivity index (χ4n) is 2.04. The van der Waals surface area contributed by atoms with E-state index in [0.29, 0.717) is 10.8 Å². The van der Waals surface area contributed by atoms with Gasteiger partial charge in [0.1, 0.15) is 10.8 Å². The molecule has 0 saturated carbocycles. The standard InChI is InChI=1S/C16H10Cl2O/c17-14-13(11-7-3-1-4-8-11)15(19-16(14)18)12-9-5-2-6-10-12/h1-10H. The first-order chi connectivity index (χ1) is 9.27. The Balaban J connectivity index is 2.25. The monoisotopic (exact) mass is 288 g/mol.